The molecule has 0 saturated heterocycles. The first-order valence-corrected chi connectivity index (χ1v) is 11.2. The first-order valence-electron chi connectivity index (χ1n) is 7.79. The van der Waals surface area contributed by atoms with Crippen LogP contribution in [0.1, 0.15) is 58.3 Å². The van der Waals surface area contributed by atoms with Gasteiger partial charge < -0.3 is 4.43 Å². The molecule has 1 atom stereocenters. The molecular formula is C16H30O2Si. The zero-order valence-corrected chi connectivity index (χ0v) is 14.1. The van der Waals surface area contributed by atoms with Crippen molar-refractivity contribution in [2.75, 3.05) is 0 Å². The monoisotopic (exact) mass is 282 g/mol. The zero-order chi connectivity index (χ0) is 14.4. The second kappa shape index (κ2) is 7.39. The van der Waals surface area contributed by atoms with Crippen LogP contribution in [-0.2, 0) is 9.22 Å². The number of ketones is 1. The van der Waals surface area contributed by atoms with Crippen molar-refractivity contribution in [1.29, 1.82) is 0 Å². The number of allylic oxidation sites excluding steroid dienone is 1. The molecule has 0 amide bonds. The Hall–Kier alpha value is -0.413. The van der Waals surface area contributed by atoms with Gasteiger partial charge in [0.05, 0.1) is 5.60 Å². The van der Waals surface area contributed by atoms with Gasteiger partial charge in [-0.2, -0.15) is 0 Å². The van der Waals surface area contributed by atoms with Crippen LogP contribution in [0.5, 0.6) is 0 Å². The molecular weight excluding hydrogens is 252 g/mol. The maximum Gasteiger partial charge on any atom is 0.184 e. The number of unbranched alkanes of at least 4 members (excludes halogenated alkanes) is 5. The van der Waals surface area contributed by atoms with Crippen molar-refractivity contribution in [3.63, 3.8) is 0 Å². The average molecular weight is 283 g/mol. The van der Waals surface area contributed by atoms with E-state index in [1.165, 1.54) is 38.5 Å². The van der Waals surface area contributed by atoms with Crippen molar-refractivity contribution >= 4 is 14.1 Å². The standard InChI is InChI=1S/C16H30O2Si/c1-5-6-7-8-9-10-12-16(18-19(2,3)4)13-11-15(17)14-16/h11,13H,5-10,12,14H2,1-4H3/t16-/m0/s1. The fourth-order valence-corrected chi connectivity index (χ4v) is 4.23. The lowest BCUT2D eigenvalue weighted by molar-refractivity contribution is -0.116. The normalized spacial score (nSPS) is 23.3. The molecule has 110 valence electrons. The van der Waals surface area contributed by atoms with Crippen molar-refractivity contribution in [2.24, 2.45) is 0 Å². The first kappa shape index (κ1) is 16.6. The van der Waals surface area contributed by atoms with Crippen molar-refractivity contribution in [3.8, 4) is 0 Å². The van der Waals surface area contributed by atoms with Crippen LogP contribution in [0.15, 0.2) is 12.2 Å². The average Bonchev–Trinajstić information content (AvgIpc) is 2.63. The molecule has 0 aromatic rings. The molecule has 1 rings (SSSR count). The Labute approximate surface area is 119 Å². The molecule has 0 bridgehead atoms. The second-order valence-corrected chi connectivity index (χ2v) is 11.2. The van der Waals surface area contributed by atoms with Crippen molar-refractivity contribution < 1.29 is 9.22 Å². The van der Waals surface area contributed by atoms with Gasteiger partial charge in [-0.25, -0.2) is 0 Å². The molecule has 1 aliphatic carbocycles. The molecule has 0 unspecified atom stereocenters. The molecule has 3 heteroatoms. The Morgan fingerprint density at radius 2 is 1.79 bits per heavy atom. The van der Waals surface area contributed by atoms with Crippen LogP contribution in [-0.4, -0.2) is 19.7 Å². The van der Waals surface area contributed by atoms with Gasteiger partial charge in [0.25, 0.3) is 0 Å². The summed E-state index contributed by atoms with van der Waals surface area (Å²) in [6.07, 6.45) is 13.0. The van der Waals surface area contributed by atoms with Crippen LogP contribution >= 0.6 is 0 Å². The van der Waals surface area contributed by atoms with E-state index < -0.39 is 8.32 Å². The maximum atomic E-state index is 11.6. The summed E-state index contributed by atoms with van der Waals surface area (Å²) in [4.78, 5) is 11.6. The second-order valence-electron chi connectivity index (χ2n) is 6.77. The minimum Gasteiger partial charge on any atom is -0.408 e. The highest BCUT2D eigenvalue weighted by Gasteiger charge is 2.38. The smallest absolute Gasteiger partial charge is 0.184 e. The fraction of sp³-hybridized carbons (Fsp3) is 0.812. The number of carbonyl (C=O) groups excluding carboxylic acids is 1. The Morgan fingerprint density at radius 3 is 2.32 bits per heavy atom. The van der Waals surface area contributed by atoms with Crippen LogP contribution in [0.4, 0.5) is 0 Å². The minimum atomic E-state index is -1.61. The maximum absolute atomic E-state index is 11.6. The topological polar surface area (TPSA) is 26.3 Å². The lowest BCUT2D eigenvalue weighted by atomic mass is 9.95. The van der Waals surface area contributed by atoms with Gasteiger partial charge in [-0.05, 0) is 32.1 Å². The molecule has 0 saturated carbocycles. The van der Waals surface area contributed by atoms with Crippen molar-refractivity contribution in [2.45, 2.75) is 83.5 Å². The van der Waals surface area contributed by atoms with Crippen LogP contribution < -0.4 is 0 Å². The summed E-state index contributed by atoms with van der Waals surface area (Å²) in [5.41, 5.74) is -0.272. The molecule has 0 aliphatic heterocycles. The van der Waals surface area contributed by atoms with Gasteiger partial charge in [0.2, 0.25) is 0 Å². The molecule has 0 spiro atoms. The molecule has 0 radical (unpaired) electrons. The summed E-state index contributed by atoms with van der Waals surface area (Å²) in [5, 5.41) is 0. The van der Waals surface area contributed by atoms with Crippen LogP contribution in [0.3, 0.4) is 0 Å². The van der Waals surface area contributed by atoms with E-state index in [9.17, 15) is 4.79 Å². The highest BCUT2D eigenvalue weighted by molar-refractivity contribution is 6.69. The molecule has 0 heterocycles. The van der Waals surface area contributed by atoms with E-state index in [2.05, 4.69) is 26.6 Å². The zero-order valence-electron chi connectivity index (χ0n) is 13.1. The molecule has 19 heavy (non-hydrogen) atoms. The van der Waals surface area contributed by atoms with Gasteiger partial charge in [-0.3, -0.25) is 4.79 Å². The molecule has 1 aliphatic rings. The Morgan fingerprint density at radius 1 is 1.16 bits per heavy atom. The van der Waals surface area contributed by atoms with Crippen LogP contribution in [0.25, 0.3) is 0 Å². The summed E-state index contributed by atoms with van der Waals surface area (Å²) in [5.74, 6) is 0.226. The van der Waals surface area contributed by atoms with E-state index in [1.807, 2.05) is 6.08 Å². The van der Waals surface area contributed by atoms with Gasteiger partial charge >= 0.3 is 0 Å². The van der Waals surface area contributed by atoms with Gasteiger partial charge in [0.1, 0.15) is 0 Å². The third-order valence-corrected chi connectivity index (χ3v) is 4.53. The van der Waals surface area contributed by atoms with Gasteiger partial charge in [0, 0.05) is 6.42 Å². The van der Waals surface area contributed by atoms with E-state index in [4.69, 9.17) is 4.43 Å². The largest absolute Gasteiger partial charge is 0.408 e. The number of carbonyl (C=O) groups is 1. The molecule has 0 aromatic heterocycles. The third-order valence-electron chi connectivity index (χ3n) is 3.51. The van der Waals surface area contributed by atoms with E-state index in [1.54, 1.807) is 6.08 Å². The SMILES string of the molecule is CCCCCCCC[C@]1(O[Si](C)(C)C)C=CC(=O)C1. The molecule has 0 aromatic carbocycles. The van der Waals surface area contributed by atoms with Gasteiger partial charge in [0.15, 0.2) is 14.1 Å². The lowest BCUT2D eigenvalue weighted by Gasteiger charge is -2.34. The first-order chi connectivity index (χ1) is 8.87. The molecule has 0 N–H and O–H groups in total. The number of hydrogen-bond acceptors (Lipinski definition) is 2. The highest BCUT2D eigenvalue weighted by atomic mass is 28.4. The lowest BCUT2D eigenvalue weighted by Crippen LogP contribution is -2.40. The quantitative estimate of drug-likeness (QED) is 0.446. The minimum absolute atomic E-state index is 0.226. The summed E-state index contributed by atoms with van der Waals surface area (Å²) < 4.78 is 6.32. The van der Waals surface area contributed by atoms with E-state index in [0.717, 1.165) is 6.42 Å². The van der Waals surface area contributed by atoms with Gasteiger partial charge in [-0.15, -0.1) is 0 Å². The Kier molecular flexibility index (Phi) is 6.47. The highest BCUT2D eigenvalue weighted by Crippen LogP contribution is 2.33. The Bertz CT molecular complexity index is 317. The fourth-order valence-electron chi connectivity index (χ4n) is 2.76. The number of rotatable bonds is 9. The predicted molar refractivity (Wildman–Crippen MR) is 83.9 cm³/mol. The van der Waals surface area contributed by atoms with E-state index in [0.29, 0.717) is 6.42 Å². The van der Waals surface area contributed by atoms with Gasteiger partial charge in [-0.1, -0.05) is 51.5 Å². The summed E-state index contributed by atoms with van der Waals surface area (Å²) in [7, 11) is -1.61. The summed E-state index contributed by atoms with van der Waals surface area (Å²) >= 11 is 0. The van der Waals surface area contributed by atoms with E-state index >= 15 is 0 Å². The molecule has 0 fully saturated rings. The van der Waals surface area contributed by atoms with Crippen LogP contribution in [0, 0.1) is 0 Å². The van der Waals surface area contributed by atoms with E-state index in [-0.39, 0.29) is 11.4 Å². The number of hydrogen-bond donors (Lipinski definition) is 0. The van der Waals surface area contributed by atoms with Crippen molar-refractivity contribution in [1.82, 2.24) is 0 Å². The Balaban J connectivity index is 2.39. The predicted octanol–water partition coefficient (Wildman–Crippen LogP) is 4.86. The summed E-state index contributed by atoms with van der Waals surface area (Å²) in [6.45, 7) is 8.84. The van der Waals surface area contributed by atoms with Crippen LogP contribution in [0.2, 0.25) is 19.6 Å². The molecule has 2 nitrogen and oxygen atoms in total. The summed E-state index contributed by atoms with van der Waals surface area (Å²) in [6, 6.07) is 0. The third kappa shape index (κ3) is 6.53. The van der Waals surface area contributed by atoms with Crippen molar-refractivity contribution in [3.05, 3.63) is 12.2 Å².